The Morgan fingerprint density at radius 1 is 1.53 bits per heavy atom. The van der Waals surface area contributed by atoms with Crippen LogP contribution in [0.15, 0.2) is 18.2 Å². The second-order valence-electron chi connectivity index (χ2n) is 3.74. The average Bonchev–Trinajstić information content (AvgIpc) is 2.35. The SMILES string of the molecule is COC(=O)c1cccc(CN(C)CCSC)n1. The lowest BCUT2D eigenvalue weighted by Crippen LogP contribution is -2.21. The molecule has 17 heavy (non-hydrogen) atoms. The number of carbonyl (C=O) groups excluding carboxylic acids is 1. The van der Waals surface area contributed by atoms with Gasteiger partial charge in [-0.15, -0.1) is 0 Å². The quantitative estimate of drug-likeness (QED) is 0.722. The van der Waals surface area contributed by atoms with Crippen LogP contribution in [0.3, 0.4) is 0 Å². The predicted molar refractivity (Wildman–Crippen MR) is 70.3 cm³/mol. The van der Waals surface area contributed by atoms with Gasteiger partial charge in [0.1, 0.15) is 5.69 Å². The molecule has 0 bridgehead atoms. The van der Waals surface area contributed by atoms with Crippen LogP contribution in [0.1, 0.15) is 16.2 Å². The molecule has 1 rings (SSSR count). The third-order valence-electron chi connectivity index (χ3n) is 2.31. The van der Waals surface area contributed by atoms with Gasteiger partial charge in [-0.25, -0.2) is 9.78 Å². The minimum absolute atomic E-state index is 0.364. The van der Waals surface area contributed by atoms with Crippen LogP contribution in [-0.2, 0) is 11.3 Å². The Bertz CT molecular complexity index is 371. The summed E-state index contributed by atoms with van der Waals surface area (Å²) >= 11 is 1.82. The highest BCUT2D eigenvalue weighted by atomic mass is 32.2. The largest absolute Gasteiger partial charge is 0.464 e. The second-order valence-corrected chi connectivity index (χ2v) is 4.72. The number of nitrogens with zero attached hydrogens (tertiary/aromatic N) is 2. The van der Waals surface area contributed by atoms with Crippen molar-refractivity contribution < 1.29 is 9.53 Å². The van der Waals surface area contributed by atoms with Crippen molar-refractivity contribution in [3.8, 4) is 0 Å². The molecule has 0 saturated carbocycles. The molecule has 1 aromatic heterocycles. The fourth-order valence-electron chi connectivity index (χ4n) is 1.39. The fourth-order valence-corrected chi connectivity index (χ4v) is 1.88. The van der Waals surface area contributed by atoms with Crippen LogP contribution in [0, 0.1) is 0 Å². The van der Waals surface area contributed by atoms with Crippen LogP contribution in [0.2, 0.25) is 0 Å². The van der Waals surface area contributed by atoms with Gasteiger partial charge in [0, 0.05) is 18.8 Å². The second kappa shape index (κ2) is 7.29. The fraction of sp³-hybridized carbons (Fsp3) is 0.500. The van der Waals surface area contributed by atoms with Crippen molar-refractivity contribution in [3.05, 3.63) is 29.6 Å². The number of hydrogen-bond donors (Lipinski definition) is 0. The molecule has 0 radical (unpaired) electrons. The van der Waals surface area contributed by atoms with E-state index in [4.69, 9.17) is 0 Å². The Kier molecular flexibility index (Phi) is 6.00. The standard InChI is InChI=1S/C12H18N2O2S/c1-14(7-8-17-3)9-10-5-4-6-11(13-10)12(15)16-2/h4-6H,7-9H2,1-3H3. The third kappa shape index (κ3) is 4.75. The van der Waals surface area contributed by atoms with E-state index in [-0.39, 0.29) is 0 Å². The molecule has 0 fully saturated rings. The number of aromatic nitrogens is 1. The Morgan fingerprint density at radius 2 is 2.29 bits per heavy atom. The first-order valence-electron chi connectivity index (χ1n) is 5.39. The van der Waals surface area contributed by atoms with Gasteiger partial charge in [-0.1, -0.05) is 6.07 Å². The van der Waals surface area contributed by atoms with Gasteiger partial charge in [-0.2, -0.15) is 11.8 Å². The zero-order valence-corrected chi connectivity index (χ0v) is 11.3. The molecule has 94 valence electrons. The molecule has 0 aliphatic carbocycles. The van der Waals surface area contributed by atoms with E-state index >= 15 is 0 Å². The molecule has 4 nitrogen and oxygen atoms in total. The number of rotatable bonds is 6. The third-order valence-corrected chi connectivity index (χ3v) is 2.90. The molecule has 1 heterocycles. The van der Waals surface area contributed by atoms with Gasteiger partial charge < -0.3 is 4.74 Å². The van der Waals surface area contributed by atoms with Crippen molar-refractivity contribution in [3.63, 3.8) is 0 Å². The lowest BCUT2D eigenvalue weighted by atomic mass is 10.3. The highest BCUT2D eigenvalue weighted by molar-refractivity contribution is 7.98. The molecular formula is C12H18N2O2S. The van der Waals surface area contributed by atoms with E-state index in [1.807, 2.05) is 30.9 Å². The Morgan fingerprint density at radius 3 is 2.94 bits per heavy atom. The highest BCUT2D eigenvalue weighted by Gasteiger charge is 2.08. The van der Waals surface area contributed by atoms with Crippen LogP contribution < -0.4 is 0 Å². The Hall–Kier alpha value is -1.07. The van der Waals surface area contributed by atoms with Gasteiger partial charge in [-0.3, -0.25) is 4.90 Å². The molecule has 0 N–H and O–H groups in total. The molecule has 0 amide bonds. The summed E-state index contributed by atoms with van der Waals surface area (Å²) in [6.45, 7) is 1.75. The van der Waals surface area contributed by atoms with E-state index in [1.165, 1.54) is 7.11 Å². The number of pyridine rings is 1. The first-order chi connectivity index (χ1) is 8.17. The number of ether oxygens (including phenoxy) is 1. The van der Waals surface area contributed by atoms with E-state index in [0.717, 1.165) is 24.5 Å². The molecule has 0 unspecified atom stereocenters. The van der Waals surface area contributed by atoms with Crippen molar-refractivity contribution in [2.75, 3.05) is 32.7 Å². The first-order valence-corrected chi connectivity index (χ1v) is 6.78. The molecule has 0 atom stereocenters. The lowest BCUT2D eigenvalue weighted by Gasteiger charge is -2.15. The number of carbonyl (C=O) groups is 1. The normalized spacial score (nSPS) is 10.6. The molecule has 0 aliphatic rings. The minimum Gasteiger partial charge on any atom is -0.464 e. The Balaban J connectivity index is 2.62. The van der Waals surface area contributed by atoms with Gasteiger partial charge in [0.05, 0.1) is 12.8 Å². The van der Waals surface area contributed by atoms with Crippen molar-refractivity contribution in [1.29, 1.82) is 0 Å². The highest BCUT2D eigenvalue weighted by Crippen LogP contribution is 2.04. The lowest BCUT2D eigenvalue weighted by molar-refractivity contribution is 0.0593. The monoisotopic (exact) mass is 254 g/mol. The summed E-state index contributed by atoms with van der Waals surface area (Å²) in [5.74, 6) is 0.700. The molecule has 0 aromatic carbocycles. The number of esters is 1. The smallest absolute Gasteiger partial charge is 0.356 e. The van der Waals surface area contributed by atoms with Gasteiger partial charge in [-0.05, 0) is 25.4 Å². The number of hydrogen-bond acceptors (Lipinski definition) is 5. The van der Waals surface area contributed by atoms with Gasteiger partial charge in [0.2, 0.25) is 0 Å². The number of methoxy groups -OCH3 is 1. The van der Waals surface area contributed by atoms with Crippen LogP contribution in [0.4, 0.5) is 0 Å². The van der Waals surface area contributed by atoms with Gasteiger partial charge in [0.25, 0.3) is 0 Å². The zero-order chi connectivity index (χ0) is 12.7. The molecular weight excluding hydrogens is 236 g/mol. The van der Waals surface area contributed by atoms with Gasteiger partial charge >= 0.3 is 5.97 Å². The maximum atomic E-state index is 11.3. The summed E-state index contributed by atoms with van der Waals surface area (Å²) < 4.78 is 4.64. The summed E-state index contributed by atoms with van der Waals surface area (Å²) in [6, 6.07) is 5.41. The summed E-state index contributed by atoms with van der Waals surface area (Å²) in [5.41, 5.74) is 1.25. The summed E-state index contributed by atoms with van der Waals surface area (Å²) in [5, 5.41) is 0. The first kappa shape index (κ1) is 14.0. The van der Waals surface area contributed by atoms with E-state index in [0.29, 0.717) is 5.69 Å². The van der Waals surface area contributed by atoms with Crippen molar-refractivity contribution in [1.82, 2.24) is 9.88 Å². The van der Waals surface area contributed by atoms with Crippen LogP contribution in [0.5, 0.6) is 0 Å². The summed E-state index contributed by atoms with van der Waals surface area (Å²) in [7, 11) is 3.41. The van der Waals surface area contributed by atoms with Crippen molar-refractivity contribution in [2.45, 2.75) is 6.54 Å². The van der Waals surface area contributed by atoms with Crippen LogP contribution >= 0.6 is 11.8 Å². The molecule has 0 saturated heterocycles. The maximum Gasteiger partial charge on any atom is 0.356 e. The number of thioether (sulfide) groups is 1. The van der Waals surface area contributed by atoms with E-state index < -0.39 is 5.97 Å². The van der Waals surface area contributed by atoms with E-state index in [1.54, 1.807) is 6.07 Å². The van der Waals surface area contributed by atoms with Crippen LogP contribution in [0.25, 0.3) is 0 Å². The minimum atomic E-state index is -0.390. The molecule has 5 heteroatoms. The maximum absolute atomic E-state index is 11.3. The zero-order valence-electron chi connectivity index (χ0n) is 10.5. The van der Waals surface area contributed by atoms with E-state index in [2.05, 4.69) is 20.9 Å². The molecule has 0 aliphatic heterocycles. The molecule has 1 aromatic rings. The average molecular weight is 254 g/mol. The van der Waals surface area contributed by atoms with Crippen molar-refractivity contribution in [2.24, 2.45) is 0 Å². The predicted octanol–water partition coefficient (Wildman–Crippen LogP) is 1.66. The summed E-state index contributed by atoms with van der Waals surface area (Å²) in [4.78, 5) is 17.8. The van der Waals surface area contributed by atoms with Crippen molar-refractivity contribution >= 4 is 17.7 Å². The Labute approximate surface area is 106 Å². The van der Waals surface area contributed by atoms with E-state index in [9.17, 15) is 4.79 Å². The molecule has 0 spiro atoms. The summed E-state index contributed by atoms with van der Waals surface area (Å²) in [6.07, 6.45) is 2.09. The van der Waals surface area contributed by atoms with Crippen LogP contribution in [-0.4, -0.2) is 48.6 Å². The topological polar surface area (TPSA) is 42.4 Å². The van der Waals surface area contributed by atoms with Gasteiger partial charge in [0.15, 0.2) is 0 Å².